The first-order valence-electron chi connectivity index (χ1n) is 16.8. The average molecular weight is 699 g/mol. The largest absolute Gasteiger partial charge is 0.480 e. The molecule has 52 heavy (non-hydrogen) atoms. The van der Waals surface area contributed by atoms with Gasteiger partial charge in [-0.3, -0.25) is 4.79 Å². The molecular weight excluding hydrogens is 660 g/mol. The number of rotatable bonds is 13. The number of carboxylic acids is 1. The summed E-state index contributed by atoms with van der Waals surface area (Å²) in [7, 11) is 0. The van der Waals surface area contributed by atoms with E-state index in [1.54, 1.807) is 53.4 Å². The van der Waals surface area contributed by atoms with Crippen molar-refractivity contribution in [2.45, 2.75) is 38.7 Å². The smallest absolute Gasteiger partial charge is 0.408 e. The number of hydrogen-bond donors (Lipinski definition) is 5. The lowest BCUT2D eigenvalue weighted by molar-refractivity contribution is -0.139. The van der Waals surface area contributed by atoms with Gasteiger partial charge in [-0.15, -0.1) is 0 Å². The van der Waals surface area contributed by atoms with E-state index < -0.39 is 24.0 Å². The lowest BCUT2D eigenvalue weighted by Crippen LogP contribution is -2.48. The topological polar surface area (TPSA) is 166 Å². The molecule has 0 aliphatic rings. The van der Waals surface area contributed by atoms with E-state index in [4.69, 9.17) is 4.74 Å². The molecule has 0 aliphatic heterocycles. The number of nitrogens with zero attached hydrogens (tertiary/aromatic N) is 2. The maximum atomic E-state index is 13.9. The summed E-state index contributed by atoms with van der Waals surface area (Å²) in [6, 6.07) is 35.3. The second kappa shape index (κ2) is 16.3. The highest BCUT2D eigenvalue weighted by Crippen LogP contribution is 2.25. The molecule has 0 radical (unpaired) electrons. The summed E-state index contributed by atoms with van der Waals surface area (Å²) in [6.45, 7) is 1.96. The van der Waals surface area contributed by atoms with Gasteiger partial charge < -0.3 is 35.7 Å². The van der Waals surface area contributed by atoms with E-state index in [9.17, 15) is 24.3 Å². The Morgan fingerprint density at radius 1 is 0.788 bits per heavy atom. The van der Waals surface area contributed by atoms with Crippen molar-refractivity contribution < 1.29 is 29.0 Å². The molecule has 4 amide bonds. The van der Waals surface area contributed by atoms with E-state index >= 15 is 0 Å². The van der Waals surface area contributed by atoms with Gasteiger partial charge in [0.15, 0.2) is 0 Å². The van der Waals surface area contributed by atoms with E-state index in [-0.39, 0.29) is 43.9 Å². The Bertz CT molecular complexity index is 2150. The minimum Gasteiger partial charge on any atom is -0.480 e. The van der Waals surface area contributed by atoms with Crippen molar-refractivity contribution in [3.05, 3.63) is 149 Å². The first kappa shape index (κ1) is 35.1. The number of nitrogens with one attached hydrogen (secondary N) is 4. The van der Waals surface area contributed by atoms with E-state index in [1.807, 2.05) is 79.7 Å². The third-order valence-corrected chi connectivity index (χ3v) is 8.56. The fourth-order valence-electron chi connectivity index (χ4n) is 5.83. The van der Waals surface area contributed by atoms with E-state index in [1.165, 1.54) is 0 Å². The highest BCUT2D eigenvalue weighted by atomic mass is 16.5. The minimum atomic E-state index is -1.41. The standard InChI is InChI=1S/C40H38N6O6/c1-26(31-15-9-13-29-12-5-6-14-32(29)31)42-39(50)46(24-36-43-33-16-7-8-17-34(33)44-36)23-27-18-20-30(21-19-27)37(47)41-22-35(38(48)49)45-40(51)52-25-28-10-3-2-4-11-28/h2-21,26,35H,22-25H2,1H3,(H,41,47)(H,42,50)(H,43,44)(H,45,51)(H,48,49). The maximum Gasteiger partial charge on any atom is 0.408 e. The summed E-state index contributed by atoms with van der Waals surface area (Å²) in [5.41, 5.74) is 4.43. The van der Waals surface area contributed by atoms with E-state index in [0.29, 0.717) is 5.82 Å². The molecule has 0 spiro atoms. The van der Waals surface area contributed by atoms with Crippen LogP contribution in [0, 0.1) is 0 Å². The highest BCUT2D eigenvalue weighted by molar-refractivity contribution is 5.94. The van der Waals surface area contributed by atoms with Crippen LogP contribution in [0.2, 0.25) is 0 Å². The van der Waals surface area contributed by atoms with Crippen LogP contribution in [-0.2, 0) is 29.2 Å². The summed E-state index contributed by atoms with van der Waals surface area (Å²) in [5.74, 6) is -1.24. The number of aromatic nitrogens is 2. The number of benzene rings is 5. The molecule has 6 rings (SSSR count). The Kier molecular flexibility index (Phi) is 11.0. The number of alkyl carbamates (subject to hydrolysis) is 1. The van der Waals surface area contributed by atoms with Crippen LogP contribution in [0.3, 0.4) is 0 Å². The van der Waals surface area contributed by atoms with Crippen LogP contribution in [0.25, 0.3) is 21.8 Å². The zero-order chi connectivity index (χ0) is 36.5. The molecule has 12 heteroatoms. The molecule has 0 bridgehead atoms. The number of carboxylic acid groups (broad SMARTS) is 1. The molecule has 0 saturated heterocycles. The van der Waals surface area contributed by atoms with Crippen molar-refractivity contribution in [3.63, 3.8) is 0 Å². The van der Waals surface area contributed by atoms with Crippen molar-refractivity contribution in [1.82, 2.24) is 30.8 Å². The first-order chi connectivity index (χ1) is 25.2. The van der Waals surface area contributed by atoms with E-state index in [0.717, 1.165) is 38.5 Å². The number of aliphatic carboxylic acids is 1. The number of amides is 4. The van der Waals surface area contributed by atoms with Gasteiger partial charge in [-0.1, -0.05) is 97.1 Å². The van der Waals surface area contributed by atoms with Crippen LogP contribution in [0.1, 0.15) is 45.8 Å². The number of H-pyrrole nitrogens is 1. The lowest BCUT2D eigenvalue weighted by atomic mass is 10.00. The molecule has 1 heterocycles. The number of fused-ring (bicyclic) bond motifs is 2. The van der Waals surface area contributed by atoms with E-state index in [2.05, 4.69) is 25.9 Å². The molecule has 12 nitrogen and oxygen atoms in total. The Hall–Kier alpha value is -6.69. The van der Waals surface area contributed by atoms with Crippen molar-refractivity contribution in [2.24, 2.45) is 0 Å². The fraction of sp³-hybridized carbons (Fsp3) is 0.175. The van der Waals surface area contributed by atoms with Crippen LogP contribution < -0.4 is 16.0 Å². The van der Waals surface area contributed by atoms with Gasteiger partial charge in [0.1, 0.15) is 18.5 Å². The minimum absolute atomic E-state index is 0.0294. The number of hydrogen-bond acceptors (Lipinski definition) is 6. The van der Waals surface area contributed by atoms with Gasteiger partial charge in [0.05, 0.1) is 23.6 Å². The van der Waals surface area contributed by atoms with Crippen molar-refractivity contribution >= 4 is 45.8 Å². The molecule has 5 N–H and O–H groups in total. The molecule has 0 fully saturated rings. The molecule has 0 aliphatic carbocycles. The van der Waals surface area contributed by atoms with Gasteiger partial charge in [-0.25, -0.2) is 19.4 Å². The Morgan fingerprint density at radius 2 is 1.50 bits per heavy atom. The molecule has 2 atom stereocenters. The maximum absolute atomic E-state index is 13.9. The third kappa shape index (κ3) is 8.90. The van der Waals surface area contributed by atoms with Gasteiger partial charge in [0.25, 0.3) is 5.91 Å². The molecule has 1 aromatic heterocycles. The van der Waals surface area contributed by atoms with Gasteiger partial charge >= 0.3 is 18.1 Å². The number of ether oxygens (including phenoxy) is 1. The molecule has 5 aromatic carbocycles. The van der Waals surface area contributed by atoms with Gasteiger partial charge in [0, 0.05) is 18.7 Å². The summed E-state index contributed by atoms with van der Waals surface area (Å²) in [4.78, 5) is 60.4. The molecule has 2 unspecified atom stereocenters. The van der Waals surface area contributed by atoms with Crippen LogP contribution >= 0.6 is 0 Å². The summed E-state index contributed by atoms with van der Waals surface area (Å²) < 4.78 is 5.11. The number of carbonyl (C=O) groups is 4. The van der Waals surface area contributed by atoms with Crippen LogP contribution in [0.15, 0.2) is 121 Å². The molecule has 0 saturated carbocycles. The third-order valence-electron chi connectivity index (χ3n) is 8.56. The summed E-state index contributed by atoms with van der Waals surface area (Å²) >= 11 is 0. The van der Waals surface area contributed by atoms with Crippen molar-refractivity contribution in [3.8, 4) is 0 Å². The van der Waals surface area contributed by atoms with Crippen molar-refractivity contribution in [1.29, 1.82) is 0 Å². The highest BCUT2D eigenvalue weighted by Gasteiger charge is 2.23. The number of urea groups is 1. The molecule has 6 aromatic rings. The fourth-order valence-corrected chi connectivity index (χ4v) is 5.83. The Morgan fingerprint density at radius 3 is 2.27 bits per heavy atom. The number of carbonyl (C=O) groups excluding carboxylic acids is 3. The number of imidazole rings is 1. The van der Waals surface area contributed by atoms with Crippen LogP contribution in [-0.4, -0.2) is 56.6 Å². The zero-order valence-corrected chi connectivity index (χ0v) is 28.4. The van der Waals surface area contributed by atoms with Gasteiger partial charge in [-0.2, -0.15) is 0 Å². The SMILES string of the molecule is CC(NC(=O)N(Cc1ccc(C(=O)NCC(NC(=O)OCc2ccccc2)C(=O)O)cc1)Cc1nc2ccccc2[nH]1)c1cccc2ccccc12. The van der Waals surface area contributed by atoms with Crippen LogP contribution in [0.4, 0.5) is 9.59 Å². The Labute approximate surface area is 299 Å². The monoisotopic (exact) mass is 698 g/mol. The lowest BCUT2D eigenvalue weighted by Gasteiger charge is -2.25. The van der Waals surface area contributed by atoms with Gasteiger partial charge in [-0.05, 0) is 58.7 Å². The Balaban J connectivity index is 1.10. The molecular formula is C40H38N6O6. The first-order valence-corrected chi connectivity index (χ1v) is 16.8. The summed E-state index contributed by atoms with van der Waals surface area (Å²) in [5, 5.41) is 19.7. The molecule has 264 valence electrons. The summed E-state index contributed by atoms with van der Waals surface area (Å²) in [6.07, 6.45) is -0.919. The predicted octanol–water partition coefficient (Wildman–Crippen LogP) is 6.30. The zero-order valence-electron chi connectivity index (χ0n) is 28.4. The second-order valence-corrected chi connectivity index (χ2v) is 12.3. The van der Waals surface area contributed by atoms with Gasteiger partial charge in [0.2, 0.25) is 0 Å². The number of para-hydroxylation sites is 2. The quantitative estimate of drug-likeness (QED) is 0.0945. The van der Waals surface area contributed by atoms with Crippen molar-refractivity contribution in [2.75, 3.05) is 6.54 Å². The van der Waals surface area contributed by atoms with Crippen LogP contribution in [0.5, 0.6) is 0 Å². The normalized spacial score (nSPS) is 12.1. The second-order valence-electron chi connectivity index (χ2n) is 12.3. The predicted molar refractivity (Wildman–Crippen MR) is 196 cm³/mol. The number of aromatic amines is 1. The average Bonchev–Trinajstić information content (AvgIpc) is 3.58.